The molecule has 1 N–H and O–H groups in total. The molecule has 0 saturated heterocycles. The van der Waals surface area contributed by atoms with E-state index in [9.17, 15) is 9.59 Å². The van der Waals surface area contributed by atoms with Crippen molar-refractivity contribution in [1.29, 1.82) is 0 Å². The van der Waals surface area contributed by atoms with E-state index in [0.29, 0.717) is 41.6 Å². The third-order valence-corrected chi connectivity index (χ3v) is 6.00. The van der Waals surface area contributed by atoms with E-state index in [2.05, 4.69) is 10.3 Å². The van der Waals surface area contributed by atoms with Crippen LogP contribution in [0.1, 0.15) is 33.6 Å². The number of aryl methyl sites for hydroxylation is 1. The predicted molar refractivity (Wildman–Crippen MR) is 132 cm³/mol. The van der Waals surface area contributed by atoms with Crippen LogP contribution in [0.5, 0.6) is 17.2 Å². The highest BCUT2D eigenvalue weighted by Gasteiger charge is 2.25. The highest BCUT2D eigenvalue weighted by Crippen LogP contribution is 2.28. The van der Waals surface area contributed by atoms with E-state index in [0.717, 1.165) is 29.7 Å². The first-order valence-corrected chi connectivity index (χ1v) is 11.4. The van der Waals surface area contributed by atoms with Crippen LogP contribution in [0, 0.1) is 0 Å². The predicted octanol–water partition coefficient (Wildman–Crippen LogP) is 3.56. The fraction of sp³-hybridized carbons (Fsp3) is 0.296. The Bertz CT molecular complexity index is 1200. The Morgan fingerprint density at radius 2 is 1.74 bits per heavy atom. The SMILES string of the molecule is COc1cc(CNC(=O)c2cnc3c(c2)N(C(=O)Cc2ccccc2OC)CCC3)cc(OC)c1. The maximum absolute atomic E-state index is 13.2. The second kappa shape index (κ2) is 10.9. The van der Waals surface area contributed by atoms with Crippen molar-refractivity contribution in [2.75, 3.05) is 32.8 Å². The normalized spacial score (nSPS) is 12.5. The number of amides is 2. The Hall–Kier alpha value is -4.07. The zero-order valence-corrected chi connectivity index (χ0v) is 20.2. The summed E-state index contributed by atoms with van der Waals surface area (Å²) in [6, 6.07) is 14.7. The largest absolute Gasteiger partial charge is 0.497 e. The molecule has 0 radical (unpaired) electrons. The summed E-state index contributed by atoms with van der Waals surface area (Å²) in [5, 5.41) is 2.91. The Morgan fingerprint density at radius 3 is 2.46 bits per heavy atom. The van der Waals surface area contributed by atoms with Crippen LogP contribution < -0.4 is 24.4 Å². The highest BCUT2D eigenvalue weighted by atomic mass is 16.5. The molecule has 0 fully saturated rings. The van der Waals surface area contributed by atoms with E-state index < -0.39 is 0 Å². The standard InChI is InChI=1S/C27H29N3O5/c1-33-21-11-18(12-22(15-21)34-2)16-29-27(32)20-13-24-23(28-17-20)8-6-10-30(24)26(31)14-19-7-4-5-9-25(19)35-3/h4-5,7,9,11-13,15,17H,6,8,10,14,16H2,1-3H3,(H,29,32). The minimum atomic E-state index is -0.273. The molecule has 0 atom stereocenters. The Morgan fingerprint density at radius 1 is 1.00 bits per heavy atom. The van der Waals surface area contributed by atoms with Gasteiger partial charge in [0, 0.05) is 30.9 Å². The van der Waals surface area contributed by atoms with Crippen molar-refractivity contribution in [2.24, 2.45) is 0 Å². The molecular formula is C27H29N3O5. The Balaban J connectivity index is 1.50. The number of pyridine rings is 1. The molecule has 182 valence electrons. The van der Waals surface area contributed by atoms with Crippen LogP contribution in [0.15, 0.2) is 54.7 Å². The van der Waals surface area contributed by atoms with Crippen molar-refractivity contribution in [2.45, 2.75) is 25.8 Å². The topological polar surface area (TPSA) is 90.0 Å². The van der Waals surface area contributed by atoms with Crippen LogP contribution in [0.3, 0.4) is 0 Å². The van der Waals surface area contributed by atoms with Crippen LogP contribution in [0.4, 0.5) is 5.69 Å². The molecule has 0 spiro atoms. The molecule has 2 heterocycles. The van der Waals surface area contributed by atoms with Gasteiger partial charge in [0.05, 0.1) is 44.7 Å². The summed E-state index contributed by atoms with van der Waals surface area (Å²) >= 11 is 0. The number of benzene rings is 2. The van der Waals surface area contributed by atoms with Gasteiger partial charge in [-0.25, -0.2) is 0 Å². The number of nitrogens with one attached hydrogen (secondary N) is 1. The Kier molecular flexibility index (Phi) is 7.50. The number of carbonyl (C=O) groups is 2. The maximum atomic E-state index is 13.2. The third-order valence-electron chi connectivity index (χ3n) is 6.00. The number of hydrogen-bond acceptors (Lipinski definition) is 6. The molecule has 0 unspecified atom stereocenters. The zero-order valence-electron chi connectivity index (χ0n) is 20.2. The molecule has 8 nitrogen and oxygen atoms in total. The van der Waals surface area contributed by atoms with Crippen molar-refractivity contribution in [3.8, 4) is 17.2 Å². The van der Waals surface area contributed by atoms with Crippen LogP contribution in [0.25, 0.3) is 0 Å². The molecule has 3 aromatic rings. The molecule has 0 saturated carbocycles. The van der Waals surface area contributed by atoms with E-state index in [1.165, 1.54) is 0 Å². The van der Waals surface area contributed by atoms with Gasteiger partial charge in [-0.15, -0.1) is 0 Å². The molecule has 8 heteroatoms. The molecule has 2 amide bonds. The summed E-state index contributed by atoms with van der Waals surface area (Å²) in [6.07, 6.45) is 3.35. The van der Waals surface area contributed by atoms with Crippen molar-refractivity contribution in [1.82, 2.24) is 10.3 Å². The number of hydrogen-bond donors (Lipinski definition) is 1. The van der Waals surface area contributed by atoms with E-state index in [1.54, 1.807) is 44.6 Å². The number of fused-ring (bicyclic) bond motifs is 1. The summed E-state index contributed by atoms with van der Waals surface area (Å²) in [7, 11) is 4.75. The molecule has 1 aliphatic heterocycles. The molecule has 0 aliphatic carbocycles. The van der Waals surface area contributed by atoms with E-state index in [-0.39, 0.29) is 18.2 Å². The molecule has 1 aliphatic rings. The number of aromatic nitrogens is 1. The van der Waals surface area contributed by atoms with Crippen LogP contribution in [0.2, 0.25) is 0 Å². The number of anilines is 1. The van der Waals surface area contributed by atoms with Crippen LogP contribution in [-0.4, -0.2) is 44.7 Å². The molecule has 35 heavy (non-hydrogen) atoms. The zero-order chi connectivity index (χ0) is 24.8. The van der Waals surface area contributed by atoms with Gasteiger partial charge in [-0.05, 0) is 42.7 Å². The van der Waals surface area contributed by atoms with Crippen molar-refractivity contribution in [3.63, 3.8) is 0 Å². The Labute approximate surface area is 204 Å². The third kappa shape index (κ3) is 5.54. The van der Waals surface area contributed by atoms with Gasteiger partial charge in [-0.1, -0.05) is 18.2 Å². The first-order chi connectivity index (χ1) is 17.0. The number of carbonyl (C=O) groups excluding carboxylic acids is 2. The van der Waals surface area contributed by atoms with E-state index >= 15 is 0 Å². The van der Waals surface area contributed by atoms with Gasteiger partial charge in [0.2, 0.25) is 5.91 Å². The first kappa shape index (κ1) is 24.1. The van der Waals surface area contributed by atoms with E-state index in [1.807, 2.05) is 36.4 Å². The monoisotopic (exact) mass is 475 g/mol. The second-order valence-electron chi connectivity index (χ2n) is 8.23. The quantitative estimate of drug-likeness (QED) is 0.536. The minimum Gasteiger partial charge on any atom is -0.497 e. The smallest absolute Gasteiger partial charge is 0.253 e. The molecule has 1 aromatic heterocycles. The summed E-state index contributed by atoms with van der Waals surface area (Å²) in [4.78, 5) is 32.4. The first-order valence-electron chi connectivity index (χ1n) is 11.4. The molecule has 2 aromatic carbocycles. The van der Waals surface area contributed by atoms with Gasteiger partial charge >= 0.3 is 0 Å². The average Bonchev–Trinajstić information content (AvgIpc) is 2.90. The van der Waals surface area contributed by atoms with Gasteiger partial charge in [-0.2, -0.15) is 0 Å². The van der Waals surface area contributed by atoms with Crippen molar-refractivity contribution < 1.29 is 23.8 Å². The van der Waals surface area contributed by atoms with Crippen molar-refractivity contribution >= 4 is 17.5 Å². The van der Waals surface area contributed by atoms with Gasteiger partial charge in [0.1, 0.15) is 17.2 Å². The summed E-state index contributed by atoms with van der Waals surface area (Å²) in [6.45, 7) is 0.872. The minimum absolute atomic E-state index is 0.0571. The number of methoxy groups -OCH3 is 3. The van der Waals surface area contributed by atoms with Crippen molar-refractivity contribution in [3.05, 3.63) is 77.1 Å². The lowest BCUT2D eigenvalue weighted by atomic mass is 10.0. The average molecular weight is 476 g/mol. The lowest BCUT2D eigenvalue weighted by molar-refractivity contribution is -0.118. The van der Waals surface area contributed by atoms with Crippen LogP contribution in [-0.2, 0) is 24.2 Å². The summed E-state index contributed by atoms with van der Waals surface area (Å²) < 4.78 is 16.0. The van der Waals surface area contributed by atoms with E-state index in [4.69, 9.17) is 14.2 Å². The summed E-state index contributed by atoms with van der Waals surface area (Å²) in [5.41, 5.74) is 3.57. The fourth-order valence-corrected chi connectivity index (χ4v) is 4.18. The number of rotatable bonds is 8. The van der Waals surface area contributed by atoms with Gasteiger partial charge < -0.3 is 24.4 Å². The fourth-order valence-electron chi connectivity index (χ4n) is 4.18. The lowest BCUT2D eigenvalue weighted by Crippen LogP contribution is -2.37. The summed E-state index contributed by atoms with van der Waals surface area (Å²) in [5.74, 6) is 1.64. The number of para-hydroxylation sites is 1. The van der Waals surface area contributed by atoms with Gasteiger partial charge in [0.25, 0.3) is 5.91 Å². The van der Waals surface area contributed by atoms with Gasteiger partial charge in [-0.3, -0.25) is 14.6 Å². The second-order valence-corrected chi connectivity index (χ2v) is 8.23. The highest BCUT2D eigenvalue weighted by molar-refractivity contribution is 5.99. The number of ether oxygens (including phenoxy) is 3. The molecule has 4 rings (SSSR count). The molecule has 0 bridgehead atoms. The number of nitrogens with zero attached hydrogens (tertiary/aromatic N) is 2. The molecular weight excluding hydrogens is 446 g/mol. The maximum Gasteiger partial charge on any atom is 0.253 e. The van der Waals surface area contributed by atoms with Crippen LogP contribution >= 0.6 is 0 Å². The lowest BCUT2D eigenvalue weighted by Gasteiger charge is -2.29. The van der Waals surface area contributed by atoms with Gasteiger partial charge in [0.15, 0.2) is 0 Å².